The summed E-state index contributed by atoms with van der Waals surface area (Å²) in [7, 11) is 0. The van der Waals surface area contributed by atoms with Gasteiger partial charge in [0, 0.05) is 5.69 Å². The molecule has 1 aliphatic heterocycles. The molecule has 0 unspecified atom stereocenters. The van der Waals surface area contributed by atoms with E-state index in [1.807, 2.05) is 80.6 Å². The fourth-order valence-electron chi connectivity index (χ4n) is 3.71. The van der Waals surface area contributed by atoms with E-state index in [0.29, 0.717) is 33.0 Å². The number of nitrogens with one attached hydrogen (secondary N) is 1. The first-order chi connectivity index (χ1) is 17.5. The molecule has 1 aliphatic rings. The van der Waals surface area contributed by atoms with Crippen LogP contribution in [0.5, 0.6) is 11.5 Å². The Labute approximate surface area is 220 Å². The number of thioether (sulfide) groups is 1. The van der Waals surface area contributed by atoms with Crippen LogP contribution in [0.25, 0.3) is 6.08 Å². The summed E-state index contributed by atoms with van der Waals surface area (Å²) in [6.07, 6.45) is 1.80. The molecule has 8 heteroatoms. The second-order valence-electron chi connectivity index (χ2n) is 7.98. The maximum atomic E-state index is 13.2. The van der Waals surface area contributed by atoms with Gasteiger partial charge in [0.25, 0.3) is 11.8 Å². The standard InChI is InChI=1S/C28H26N2O4S2/c1-3-33-24-16-20(14-15-23(24)34-18-26(31)29-22-12-8-5-9-13-22)17-25-27(32)30(28(35)36-25)19(2)21-10-6-4-7-11-21/h4-17,19H,3,18H2,1-2H3,(H,29,31)/b25-17-/t19-/m0/s1. The topological polar surface area (TPSA) is 67.9 Å². The number of amides is 2. The molecule has 0 radical (unpaired) electrons. The van der Waals surface area contributed by atoms with Crippen molar-refractivity contribution in [3.8, 4) is 11.5 Å². The van der Waals surface area contributed by atoms with E-state index < -0.39 is 0 Å². The summed E-state index contributed by atoms with van der Waals surface area (Å²) in [5.41, 5.74) is 2.49. The van der Waals surface area contributed by atoms with Gasteiger partial charge in [-0.2, -0.15) is 0 Å². The van der Waals surface area contributed by atoms with Crippen LogP contribution in [0.15, 0.2) is 83.8 Å². The number of rotatable bonds is 9. The van der Waals surface area contributed by atoms with E-state index in [0.717, 1.165) is 11.1 Å². The number of carbonyl (C=O) groups excluding carboxylic acids is 2. The smallest absolute Gasteiger partial charge is 0.266 e. The van der Waals surface area contributed by atoms with Gasteiger partial charge in [0.2, 0.25) is 0 Å². The number of hydrogen-bond acceptors (Lipinski definition) is 6. The third kappa shape index (κ3) is 6.13. The summed E-state index contributed by atoms with van der Waals surface area (Å²) in [6.45, 7) is 4.10. The first-order valence-electron chi connectivity index (χ1n) is 11.5. The van der Waals surface area contributed by atoms with Gasteiger partial charge in [-0.25, -0.2) is 0 Å². The number of carbonyl (C=O) groups is 2. The lowest BCUT2D eigenvalue weighted by atomic mass is 10.1. The van der Waals surface area contributed by atoms with Crippen molar-refractivity contribution < 1.29 is 19.1 Å². The molecule has 184 valence electrons. The average molecular weight is 519 g/mol. The van der Waals surface area contributed by atoms with Crippen molar-refractivity contribution in [2.24, 2.45) is 0 Å². The summed E-state index contributed by atoms with van der Waals surface area (Å²) in [5.74, 6) is 0.538. The van der Waals surface area contributed by atoms with Gasteiger partial charge in [-0.1, -0.05) is 78.6 Å². The summed E-state index contributed by atoms with van der Waals surface area (Å²) in [6, 6.07) is 24.2. The van der Waals surface area contributed by atoms with Crippen LogP contribution in [0.2, 0.25) is 0 Å². The van der Waals surface area contributed by atoms with E-state index in [4.69, 9.17) is 21.7 Å². The summed E-state index contributed by atoms with van der Waals surface area (Å²) < 4.78 is 12.0. The van der Waals surface area contributed by atoms with Crippen molar-refractivity contribution >= 4 is 51.9 Å². The molecule has 1 atom stereocenters. The minimum Gasteiger partial charge on any atom is -0.490 e. The van der Waals surface area contributed by atoms with E-state index in [1.165, 1.54) is 11.8 Å². The van der Waals surface area contributed by atoms with E-state index in [2.05, 4.69) is 5.32 Å². The molecule has 0 bridgehead atoms. The number of ether oxygens (including phenoxy) is 2. The molecule has 1 N–H and O–H groups in total. The average Bonchev–Trinajstić information content (AvgIpc) is 3.16. The number of nitrogens with zero attached hydrogens (tertiary/aromatic N) is 1. The highest BCUT2D eigenvalue weighted by molar-refractivity contribution is 8.26. The Morgan fingerprint density at radius 1 is 1.03 bits per heavy atom. The summed E-state index contributed by atoms with van der Waals surface area (Å²) >= 11 is 6.81. The molecule has 0 saturated carbocycles. The van der Waals surface area contributed by atoms with Crippen molar-refractivity contribution in [3.63, 3.8) is 0 Å². The maximum Gasteiger partial charge on any atom is 0.266 e. The van der Waals surface area contributed by atoms with E-state index in [9.17, 15) is 9.59 Å². The maximum absolute atomic E-state index is 13.2. The van der Waals surface area contributed by atoms with Gasteiger partial charge < -0.3 is 14.8 Å². The lowest BCUT2D eigenvalue weighted by Crippen LogP contribution is -2.30. The third-order valence-corrected chi connectivity index (χ3v) is 6.80. The fraction of sp³-hybridized carbons (Fsp3) is 0.179. The predicted molar refractivity (Wildman–Crippen MR) is 148 cm³/mol. The molecule has 0 spiro atoms. The van der Waals surface area contributed by atoms with Gasteiger partial charge in [-0.05, 0) is 55.3 Å². The van der Waals surface area contributed by atoms with Gasteiger partial charge >= 0.3 is 0 Å². The first kappa shape index (κ1) is 25.5. The molecule has 4 rings (SSSR count). The van der Waals surface area contributed by atoms with Crippen molar-refractivity contribution in [2.45, 2.75) is 19.9 Å². The lowest BCUT2D eigenvalue weighted by molar-refractivity contribution is -0.123. The van der Waals surface area contributed by atoms with Crippen LogP contribution in [-0.2, 0) is 9.59 Å². The largest absolute Gasteiger partial charge is 0.490 e. The number of benzene rings is 3. The van der Waals surface area contributed by atoms with Crippen LogP contribution in [0.4, 0.5) is 5.69 Å². The van der Waals surface area contributed by atoms with Crippen molar-refractivity contribution in [1.29, 1.82) is 0 Å². The third-order valence-electron chi connectivity index (χ3n) is 5.47. The van der Waals surface area contributed by atoms with Crippen molar-refractivity contribution in [3.05, 3.63) is 94.9 Å². The molecule has 0 aliphatic carbocycles. The minimum atomic E-state index is -0.274. The minimum absolute atomic E-state index is 0.128. The van der Waals surface area contributed by atoms with Crippen LogP contribution in [0.3, 0.4) is 0 Å². The number of anilines is 1. The molecule has 1 heterocycles. The van der Waals surface area contributed by atoms with Crippen LogP contribution in [0, 0.1) is 0 Å². The molecule has 0 aromatic heterocycles. The van der Waals surface area contributed by atoms with Gasteiger partial charge in [0.1, 0.15) is 4.32 Å². The summed E-state index contributed by atoms with van der Waals surface area (Å²) in [5, 5.41) is 2.79. The molecular formula is C28H26N2O4S2. The molecule has 3 aromatic rings. The lowest BCUT2D eigenvalue weighted by Gasteiger charge is -2.23. The monoisotopic (exact) mass is 518 g/mol. The van der Waals surface area contributed by atoms with Crippen LogP contribution in [-0.4, -0.2) is 34.2 Å². The molecule has 1 fully saturated rings. The molecule has 6 nitrogen and oxygen atoms in total. The Hall–Kier alpha value is -3.62. The van der Waals surface area contributed by atoms with E-state index >= 15 is 0 Å². The van der Waals surface area contributed by atoms with Crippen LogP contribution in [0.1, 0.15) is 31.0 Å². The molecular weight excluding hydrogens is 492 g/mol. The Balaban J connectivity index is 1.47. The number of para-hydroxylation sites is 1. The van der Waals surface area contributed by atoms with Gasteiger partial charge in [-0.15, -0.1) is 0 Å². The SMILES string of the molecule is CCOc1cc(/C=C2\SC(=S)N([C@@H](C)c3ccccc3)C2=O)ccc1OCC(=O)Nc1ccccc1. The van der Waals surface area contributed by atoms with Crippen LogP contribution >= 0.6 is 24.0 Å². The van der Waals surface area contributed by atoms with Gasteiger partial charge in [-0.3, -0.25) is 14.5 Å². The van der Waals surface area contributed by atoms with E-state index in [1.54, 1.807) is 23.1 Å². The predicted octanol–water partition coefficient (Wildman–Crippen LogP) is 6.07. The Morgan fingerprint density at radius 3 is 2.42 bits per heavy atom. The number of hydrogen-bond donors (Lipinski definition) is 1. The second-order valence-corrected chi connectivity index (χ2v) is 9.66. The zero-order chi connectivity index (χ0) is 25.5. The quantitative estimate of drug-likeness (QED) is 0.274. The molecule has 1 saturated heterocycles. The van der Waals surface area contributed by atoms with Crippen LogP contribution < -0.4 is 14.8 Å². The second kappa shape index (κ2) is 11.9. The Kier molecular flexibility index (Phi) is 8.40. The Morgan fingerprint density at radius 2 is 1.72 bits per heavy atom. The normalized spacial score (nSPS) is 15.2. The van der Waals surface area contributed by atoms with Crippen molar-refractivity contribution in [1.82, 2.24) is 4.90 Å². The summed E-state index contributed by atoms with van der Waals surface area (Å²) in [4.78, 5) is 27.6. The first-order valence-corrected chi connectivity index (χ1v) is 12.7. The highest BCUT2D eigenvalue weighted by Crippen LogP contribution is 2.39. The highest BCUT2D eigenvalue weighted by atomic mass is 32.2. The molecule has 3 aromatic carbocycles. The molecule has 2 amide bonds. The van der Waals surface area contributed by atoms with E-state index in [-0.39, 0.29) is 24.5 Å². The van der Waals surface area contributed by atoms with Gasteiger partial charge in [0.05, 0.1) is 17.6 Å². The highest BCUT2D eigenvalue weighted by Gasteiger charge is 2.35. The zero-order valence-electron chi connectivity index (χ0n) is 20.0. The Bertz CT molecular complexity index is 1280. The fourth-order valence-corrected chi connectivity index (χ4v) is 5.13. The molecule has 36 heavy (non-hydrogen) atoms. The van der Waals surface area contributed by atoms with Crippen molar-refractivity contribution in [2.75, 3.05) is 18.5 Å². The van der Waals surface area contributed by atoms with Gasteiger partial charge in [0.15, 0.2) is 18.1 Å². The zero-order valence-corrected chi connectivity index (χ0v) is 21.6. The number of thiocarbonyl (C=S) groups is 1.